The number of hydrogen-bond acceptors (Lipinski definition) is 3. The quantitative estimate of drug-likeness (QED) is 0.732. The van der Waals surface area contributed by atoms with E-state index in [1.807, 2.05) is 0 Å². The molecule has 0 atom stereocenters. The highest BCUT2D eigenvalue weighted by Crippen LogP contribution is 2.26. The summed E-state index contributed by atoms with van der Waals surface area (Å²) in [6, 6.07) is 0. The summed E-state index contributed by atoms with van der Waals surface area (Å²) in [5.74, 6) is -0.0483. The lowest BCUT2D eigenvalue weighted by molar-refractivity contribution is -0.145. The van der Waals surface area contributed by atoms with Crippen LogP contribution in [0.3, 0.4) is 0 Å². The van der Waals surface area contributed by atoms with Crippen molar-refractivity contribution >= 4 is 11.8 Å². The van der Waals surface area contributed by atoms with Crippen molar-refractivity contribution in [1.29, 1.82) is 0 Å². The summed E-state index contributed by atoms with van der Waals surface area (Å²) in [6.45, 7) is 3.66. The standard InChI is InChI=1S/C14H25N3O2/c18-13(16-8-6-12-4-1-2-5-12)14(19)17-10-3-7-15-9-11-17/h12,15H,1-11H2,(H,16,18). The molecule has 1 saturated carbocycles. The Labute approximate surface area is 115 Å². The Kier molecular flexibility index (Phi) is 5.63. The predicted octanol–water partition coefficient (Wildman–Crippen LogP) is 0.505. The lowest BCUT2D eigenvalue weighted by Crippen LogP contribution is -2.44. The van der Waals surface area contributed by atoms with Crippen molar-refractivity contribution in [3.8, 4) is 0 Å². The first kappa shape index (κ1) is 14.3. The van der Waals surface area contributed by atoms with Crippen LogP contribution < -0.4 is 10.6 Å². The zero-order valence-electron chi connectivity index (χ0n) is 11.6. The number of carbonyl (C=O) groups is 2. The van der Waals surface area contributed by atoms with Crippen LogP contribution in [0.15, 0.2) is 0 Å². The summed E-state index contributed by atoms with van der Waals surface area (Å²) >= 11 is 0. The molecular formula is C14H25N3O2. The topological polar surface area (TPSA) is 61.4 Å². The molecule has 0 aromatic heterocycles. The molecule has 1 heterocycles. The molecule has 0 radical (unpaired) electrons. The fourth-order valence-corrected chi connectivity index (χ4v) is 2.96. The van der Waals surface area contributed by atoms with Gasteiger partial charge in [-0.15, -0.1) is 0 Å². The Morgan fingerprint density at radius 2 is 1.89 bits per heavy atom. The molecule has 0 unspecified atom stereocenters. The van der Waals surface area contributed by atoms with Gasteiger partial charge in [-0.2, -0.15) is 0 Å². The molecule has 2 rings (SSSR count). The molecule has 0 aromatic carbocycles. The molecule has 19 heavy (non-hydrogen) atoms. The maximum atomic E-state index is 12.0. The smallest absolute Gasteiger partial charge is 0.311 e. The molecule has 2 fully saturated rings. The Morgan fingerprint density at radius 1 is 1.11 bits per heavy atom. The van der Waals surface area contributed by atoms with Crippen LogP contribution in [0.2, 0.25) is 0 Å². The van der Waals surface area contributed by atoms with E-state index < -0.39 is 5.91 Å². The molecule has 1 aliphatic carbocycles. The van der Waals surface area contributed by atoms with E-state index in [2.05, 4.69) is 10.6 Å². The highest BCUT2D eigenvalue weighted by atomic mass is 16.2. The van der Waals surface area contributed by atoms with Crippen LogP contribution in [0, 0.1) is 5.92 Å². The minimum atomic E-state index is -0.431. The largest absolute Gasteiger partial charge is 0.348 e. The number of amides is 2. The van der Waals surface area contributed by atoms with Crippen molar-refractivity contribution < 1.29 is 9.59 Å². The maximum Gasteiger partial charge on any atom is 0.311 e. The maximum absolute atomic E-state index is 12.0. The summed E-state index contributed by atoms with van der Waals surface area (Å²) in [6.07, 6.45) is 7.13. The molecule has 0 spiro atoms. The molecule has 2 aliphatic rings. The Hall–Kier alpha value is -1.10. The zero-order chi connectivity index (χ0) is 13.5. The van der Waals surface area contributed by atoms with E-state index in [1.165, 1.54) is 25.7 Å². The Balaban J connectivity index is 1.67. The normalized spacial score (nSPS) is 21.2. The van der Waals surface area contributed by atoms with Crippen LogP contribution in [-0.2, 0) is 9.59 Å². The van der Waals surface area contributed by atoms with Gasteiger partial charge in [0.1, 0.15) is 0 Å². The highest BCUT2D eigenvalue weighted by molar-refractivity contribution is 6.35. The molecule has 0 bridgehead atoms. The molecule has 108 valence electrons. The second kappa shape index (κ2) is 7.48. The lowest BCUT2D eigenvalue weighted by Gasteiger charge is -2.19. The summed E-state index contributed by atoms with van der Waals surface area (Å²) in [7, 11) is 0. The van der Waals surface area contributed by atoms with Gasteiger partial charge in [-0.25, -0.2) is 0 Å². The van der Waals surface area contributed by atoms with Crippen LogP contribution in [0.5, 0.6) is 0 Å². The van der Waals surface area contributed by atoms with Crippen LogP contribution >= 0.6 is 0 Å². The van der Waals surface area contributed by atoms with Crippen molar-refractivity contribution in [2.75, 3.05) is 32.7 Å². The van der Waals surface area contributed by atoms with Gasteiger partial charge >= 0.3 is 11.8 Å². The SMILES string of the molecule is O=C(NCCC1CCCC1)C(=O)N1CCCNCC1. The Morgan fingerprint density at radius 3 is 2.68 bits per heavy atom. The average Bonchev–Trinajstić information content (AvgIpc) is 2.78. The molecular weight excluding hydrogens is 242 g/mol. The summed E-state index contributed by atoms with van der Waals surface area (Å²) in [4.78, 5) is 25.4. The molecule has 5 heteroatoms. The predicted molar refractivity (Wildman–Crippen MR) is 73.7 cm³/mol. The van der Waals surface area contributed by atoms with E-state index in [-0.39, 0.29) is 5.91 Å². The molecule has 1 aliphatic heterocycles. The van der Waals surface area contributed by atoms with E-state index >= 15 is 0 Å². The monoisotopic (exact) mass is 267 g/mol. The average molecular weight is 267 g/mol. The fraction of sp³-hybridized carbons (Fsp3) is 0.857. The third kappa shape index (κ3) is 4.49. The third-order valence-electron chi connectivity index (χ3n) is 4.13. The van der Waals surface area contributed by atoms with Crippen LogP contribution in [0.1, 0.15) is 38.5 Å². The molecule has 2 N–H and O–H groups in total. The van der Waals surface area contributed by atoms with E-state index in [1.54, 1.807) is 4.90 Å². The van der Waals surface area contributed by atoms with Gasteiger partial charge in [-0.05, 0) is 25.3 Å². The van der Waals surface area contributed by atoms with Gasteiger partial charge in [0.2, 0.25) is 0 Å². The number of carbonyl (C=O) groups excluding carboxylic acids is 2. The zero-order valence-corrected chi connectivity index (χ0v) is 11.6. The molecule has 1 saturated heterocycles. The van der Waals surface area contributed by atoms with Crippen molar-refractivity contribution in [1.82, 2.24) is 15.5 Å². The highest BCUT2D eigenvalue weighted by Gasteiger charge is 2.22. The van der Waals surface area contributed by atoms with Crippen LogP contribution in [0.25, 0.3) is 0 Å². The van der Waals surface area contributed by atoms with E-state index in [4.69, 9.17) is 0 Å². The van der Waals surface area contributed by atoms with E-state index in [0.29, 0.717) is 19.6 Å². The van der Waals surface area contributed by atoms with Gasteiger partial charge in [0, 0.05) is 26.2 Å². The van der Waals surface area contributed by atoms with Gasteiger partial charge in [0.25, 0.3) is 0 Å². The first-order chi connectivity index (χ1) is 9.27. The van der Waals surface area contributed by atoms with Gasteiger partial charge in [-0.1, -0.05) is 25.7 Å². The van der Waals surface area contributed by atoms with Gasteiger partial charge < -0.3 is 15.5 Å². The Bertz CT molecular complexity index is 306. The molecule has 5 nitrogen and oxygen atoms in total. The van der Waals surface area contributed by atoms with Crippen molar-refractivity contribution in [2.24, 2.45) is 5.92 Å². The minimum Gasteiger partial charge on any atom is -0.348 e. The number of nitrogens with one attached hydrogen (secondary N) is 2. The van der Waals surface area contributed by atoms with Gasteiger partial charge in [0.15, 0.2) is 0 Å². The molecule has 2 amide bonds. The van der Waals surface area contributed by atoms with E-state index in [0.717, 1.165) is 31.8 Å². The van der Waals surface area contributed by atoms with Crippen molar-refractivity contribution in [2.45, 2.75) is 38.5 Å². The summed E-state index contributed by atoms with van der Waals surface area (Å²) in [5.41, 5.74) is 0. The van der Waals surface area contributed by atoms with Gasteiger partial charge in [0.05, 0.1) is 0 Å². The first-order valence-electron chi connectivity index (χ1n) is 7.55. The van der Waals surface area contributed by atoms with Crippen molar-refractivity contribution in [3.05, 3.63) is 0 Å². The lowest BCUT2D eigenvalue weighted by atomic mass is 10.0. The third-order valence-corrected chi connectivity index (χ3v) is 4.13. The van der Waals surface area contributed by atoms with Crippen LogP contribution in [-0.4, -0.2) is 49.4 Å². The van der Waals surface area contributed by atoms with E-state index in [9.17, 15) is 9.59 Å². The fourth-order valence-electron chi connectivity index (χ4n) is 2.96. The minimum absolute atomic E-state index is 0.366. The second-order valence-electron chi connectivity index (χ2n) is 5.59. The molecule has 0 aromatic rings. The summed E-state index contributed by atoms with van der Waals surface area (Å²) in [5, 5.41) is 6.00. The number of rotatable bonds is 3. The number of hydrogen-bond donors (Lipinski definition) is 2. The first-order valence-corrected chi connectivity index (χ1v) is 7.55. The summed E-state index contributed by atoms with van der Waals surface area (Å²) < 4.78 is 0. The second-order valence-corrected chi connectivity index (χ2v) is 5.59. The number of nitrogens with zero attached hydrogens (tertiary/aromatic N) is 1. The van der Waals surface area contributed by atoms with Crippen molar-refractivity contribution in [3.63, 3.8) is 0 Å². The van der Waals surface area contributed by atoms with Gasteiger partial charge in [-0.3, -0.25) is 9.59 Å². The van der Waals surface area contributed by atoms with Crippen LogP contribution in [0.4, 0.5) is 0 Å².